The van der Waals surface area contributed by atoms with Crippen molar-refractivity contribution < 1.29 is 9.47 Å². The van der Waals surface area contributed by atoms with Gasteiger partial charge in [-0.3, -0.25) is 4.98 Å². The molecule has 0 bridgehead atoms. The fraction of sp³-hybridized carbons (Fsp3) is 0.636. The van der Waals surface area contributed by atoms with E-state index in [1.165, 1.54) is 0 Å². The highest BCUT2D eigenvalue weighted by Crippen LogP contribution is 2.12. The number of ether oxygens (including phenoxy) is 2. The first-order valence-electron chi connectivity index (χ1n) is 5.34. The molecule has 0 aromatic carbocycles. The summed E-state index contributed by atoms with van der Waals surface area (Å²) >= 11 is 0. The molecule has 2 rings (SSSR count). The summed E-state index contributed by atoms with van der Waals surface area (Å²) in [5, 5.41) is 0. The Balaban J connectivity index is 0.000000531. The lowest BCUT2D eigenvalue weighted by Crippen LogP contribution is -2.32. The van der Waals surface area contributed by atoms with E-state index in [1.54, 1.807) is 12.4 Å². The van der Waals surface area contributed by atoms with Crippen LogP contribution in [0, 0.1) is 12.8 Å². The number of hydrogen-bond donors (Lipinski definition) is 0. The first-order chi connectivity index (χ1) is 7.34. The van der Waals surface area contributed by atoms with E-state index in [-0.39, 0.29) is 0 Å². The molecule has 1 fully saturated rings. The summed E-state index contributed by atoms with van der Waals surface area (Å²) in [5.74, 6) is 1.13. The van der Waals surface area contributed by atoms with Gasteiger partial charge in [-0.15, -0.1) is 0 Å². The molecule has 0 unspecified atom stereocenters. The molecule has 4 nitrogen and oxygen atoms in total. The summed E-state index contributed by atoms with van der Waals surface area (Å²) in [5.41, 5.74) is 0.902. The van der Waals surface area contributed by atoms with Crippen LogP contribution in [0.25, 0.3) is 0 Å². The molecule has 4 heteroatoms. The molecule has 0 saturated carbocycles. The maximum absolute atomic E-state index is 5.41. The Morgan fingerprint density at radius 3 is 2.53 bits per heavy atom. The van der Waals surface area contributed by atoms with Crippen molar-refractivity contribution in [2.24, 2.45) is 5.92 Å². The monoisotopic (exact) mass is 210 g/mol. The predicted molar refractivity (Wildman–Crippen MR) is 57.9 cm³/mol. The second-order valence-corrected chi connectivity index (χ2v) is 3.21. The molecule has 1 aromatic heterocycles. The van der Waals surface area contributed by atoms with Crippen molar-refractivity contribution in [3.63, 3.8) is 0 Å². The molecule has 0 amide bonds. The van der Waals surface area contributed by atoms with E-state index in [1.807, 2.05) is 20.8 Å². The van der Waals surface area contributed by atoms with Gasteiger partial charge in [-0.05, 0) is 6.92 Å². The van der Waals surface area contributed by atoms with Gasteiger partial charge in [0, 0.05) is 5.92 Å². The second kappa shape index (κ2) is 6.35. The highest BCUT2D eigenvalue weighted by molar-refractivity contribution is 5.05. The quantitative estimate of drug-likeness (QED) is 0.763. The lowest BCUT2D eigenvalue weighted by Gasteiger charge is -2.25. The minimum absolute atomic E-state index is 0.531. The van der Waals surface area contributed by atoms with Gasteiger partial charge in [0.1, 0.15) is 0 Å². The molecule has 2 heterocycles. The zero-order chi connectivity index (χ0) is 11.1. The molecule has 1 saturated heterocycles. The van der Waals surface area contributed by atoms with Crippen LogP contribution in [0.4, 0.5) is 0 Å². The van der Waals surface area contributed by atoms with Crippen LogP contribution in [-0.4, -0.2) is 29.8 Å². The van der Waals surface area contributed by atoms with Crippen molar-refractivity contribution in [2.75, 3.05) is 19.8 Å². The zero-order valence-electron chi connectivity index (χ0n) is 9.56. The lowest BCUT2D eigenvalue weighted by molar-refractivity contribution is -0.0514. The smallest absolute Gasteiger partial charge is 0.232 e. The normalized spacial score (nSPS) is 14.9. The van der Waals surface area contributed by atoms with Crippen molar-refractivity contribution in [2.45, 2.75) is 20.8 Å². The van der Waals surface area contributed by atoms with Gasteiger partial charge in [0.25, 0.3) is 0 Å². The topological polar surface area (TPSA) is 44.2 Å². The van der Waals surface area contributed by atoms with Gasteiger partial charge in [0.2, 0.25) is 5.88 Å². The van der Waals surface area contributed by atoms with Crippen LogP contribution in [-0.2, 0) is 4.74 Å². The third-order valence-electron chi connectivity index (χ3n) is 1.93. The van der Waals surface area contributed by atoms with E-state index in [9.17, 15) is 0 Å². The van der Waals surface area contributed by atoms with Crippen molar-refractivity contribution in [3.8, 4) is 5.88 Å². The SMILES string of the molecule is CC.Cc1cnc(OCC2COC2)cn1. The molecule has 0 N–H and O–H groups in total. The highest BCUT2D eigenvalue weighted by Gasteiger charge is 2.18. The van der Waals surface area contributed by atoms with E-state index >= 15 is 0 Å². The minimum Gasteiger partial charge on any atom is -0.476 e. The number of aryl methyl sites for hydroxylation is 1. The van der Waals surface area contributed by atoms with Gasteiger partial charge in [0.05, 0.1) is 37.9 Å². The number of rotatable bonds is 3. The molecule has 1 aliphatic heterocycles. The molecule has 84 valence electrons. The summed E-state index contributed by atoms with van der Waals surface area (Å²) in [6.45, 7) is 8.19. The molecule has 1 aliphatic rings. The summed E-state index contributed by atoms with van der Waals surface area (Å²) in [6.07, 6.45) is 3.35. The Bertz CT molecular complexity index is 270. The first kappa shape index (κ1) is 11.9. The van der Waals surface area contributed by atoms with Crippen molar-refractivity contribution in [1.29, 1.82) is 0 Å². The van der Waals surface area contributed by atoms with Crippen LogP contribution in [0.15, 0.2) is 12.4 Å². The van der Waals surface area contributed by atoms with Gasteiger partial charge in [-0.25, -0.2) is 4.98 Å². The fourth-order valence-electron chi connectivity index (χ4n) is 1.04. The summed E-state index contributed by atoms with van der Waals surface area (Å²) in [6, 6.07) is 0. The van der Waals surface area contributed by atoms with Crippen molar-refractivity contribution in [1.82, 2.24) is 9.97 Å². The third kappa shape index (κ3) is 3.83. The fourth-order valence-corrected chi connectivity index (χ4v) is 1.04. The maximum atomic E-state index is 5.41. The Morgan fingerprint density at radius 1 is 1.33 bits per heavy atom. The van der Waals surface area contributed by atoms with Gasteiger partial charge in [0.15, 0.2) is 0 Å². The highest BCUT2D eigenvalue weighted by atomic mass is 16.5. The Hall–Kier alpha value is -1.16. The predicted octanol–water partition coefficient (Wildman–Crippen LogP) is 1.84. The van der Waals surface area contributed by atoms with Crippen molar-refractivity contribution in [3.05, 3.63) is 18.1 Å². The van der Waals surface area contributed by atoms with Crippen LogP contribution < -0.4 is 4.74 Å². The molecular weight excluding hydrogens is 192 g/mol. The average Bonchev–Trinajstić information content (AvgIpc) is 2.22. The van der Waals surface area contributed by atoms with Crippen LogP contribution in [0.5, 0.6) is 5.88 Å². The Kier molecular flexibility index (Phi) is 5.04. The van der Waals surface area contributed by atoms with Crippen LogP contribution in [0.3, 0.4) is 0 Å². The summed E-state index contributed by atoms with van der Waals surface area (Å²) < 4.78 is 10.4. The largest absolute Gasteiger partial charge is 0.476 e. The lowest BCUT2D eigenvalue weighted by atomic mass is 10.1. The molecule has 0 aliphatic carbocycles. The van der Waals surface area contributed by atoms with Crippen LogP contribution in [0.1, 0.15) is 19.5 Å². The van der Waals surface area contributed by atoms with E-state index in [2.05, 4.69) is 9.97 Å². The zero-order valence-corrected chi connectivity index (χ0v) is 9.56. The first-order valence-corrected chi connectivity index (χ1v) is 5.34. The van der Waals surface area contributed by atoms with E-state index in [4.69, 9.17) is 9.47 Å². The third-order valence-corrected chi connectivity index (χ3v) is 1.93. The van der Waals surface area contributed by atoms with Crippen LogP contribution in [0.2, 0.25) is 0 Å². The van der Waals surface area contributed by atoms with E-state index in [0.29, 0.717) is 18.4 Å². The van der Waals surface area contributed by atoms with Crippen molar-refractivity contribution >= 4 is 0 Å². The molecular formula is C11H18N2O2. The number of nitrogens with zero attached hydrogens (tertiary/aromatic N) is 2. The number of aromatic nitrogens is 2. The molecule has 15 heavy (non-hydrogen) atoms. The Labute approximate surface area is 90.7 Å². The maximum Gasteiger partial charge on any atom is 0.232 e. The van der Waals surface area contributed by atoms with Gasteiger partial charge < -0.3 is 9.47 Å². The molecule has 0 radical (unpaired) electrons. The van der Waals surface area contributed by atoms with Crippen LogP contribution >= 0.6 is 0 Å². The Morgan fingerprint density at radius 2 is 2.07 bits per heavy atom. The van der Waals surface area contributed by atoms with E-state index in [0.717, 1.165) is 18.9 Å². The van der Waals surface area contributed by atoms with E-state index < -0.39 is 0 Å². The average molecular weight is 210 g/mol. The standard InChI is InChI=1S/C9H12N2O2.C2H6/c1-7-2-11-9(3-10-7)13-6-8-4-12-5-8;1-2/h2-3,8H,4-6H2,1H3;1-2H3. The number of hydrogen-bond acceptors (Lipinski definition) is 4. The summed E-state index contributed by atoms with van der Waals surface area (Å²) in [7, 11) is 0. The second-order valence-electron chi connectivity index (χ2n) is 3.21. The van der Waals surface area contributed by atoms with Gasteiger partial charge in [-0.1, -0.05) is 13.8 Å². The summed E-state index contributed by atoms with van der Waals surface area (Å²) in [4.78, 5) is 8.17. The molecule has 1 aromatic rings. The minimum atomic E-state index is 0.531. The molecule has 0 atom stereocenters. The molecule has 0 spiro atoms. The van der Waals surface area contributed by atoms with Gasteiger partial charge in [-0.2, -0.15) is 0 Å². The van der Waals surface area contributed by atoms with Gasteiger partial charge >= 0.3 is 0 Å².